The van der Waals surface area contributed by atoms with Gasteiger partial charge in [0.15, 0.2) is 5.43 Å². The van der Waals surface area contributed by atoms with Crippen molar-refractivity contribution in [1.29, 1.82) is 0 Å². The molecule has 0 fully saturated rings. The van der Waals surface area contributed by atoms with Crippen molar-refractivity contribution in [1.82, 2.24) is 14.5 Å². The first-order valence-corrected chi connectivity index (χ1v) is 6.06. The zero-order valence-corrected chi connectivity index (χ0v) is 10.5. The number of nitrogens with zero attached hydrogens (tertiary/aromatic N) is 2. The predicted octanol–water partition coefficient (Wildman–Crippen LogP) is 1.59. The zero-order chi connectivity index (χ0) is 13.9. The first kappa shape index (κ1) is 12.1. The van der Waals surface area contributed by atoms with Crippen LogP contribution in [0.4, 0.5) is 0 Å². The summed E-state index contributed by atoms with van der Waals surface area (Å²) in [5.74, 6) is 0. The highest BCUT2D eigenvalue weighted by Crippen LogP contribution is 2.17. The summed E-state index contributed by atoms with van der Waals surface area (Å²) < 4.78 is 1.85. The summed E-state index contributed by atoms with van der Waals surface area (Å²) in [6, 6.07) is 10.7. The Hall–Kier alpha value is -2.95. The molecule has 0 aliphatic rings. The number of hydrogen-bond donors (Lipinski definition) is 1. The summed E-state index contributed by atoms with van der Waals surface area (Å²) in [6.07, 6.45) is 6.27. The highest BCUT2D eigenvalue weighted by Gasteiger charge is 2.00. The Morgan fingerprint density at radius 2 is 1.65 bits per heavy atom. The van der Waals surface area contributed by atoms with Crippen LogP contribution in [0.15, 0.2) is 70.8 Å². The van der Waals surface area contributed by atoms with E-state index in [4.69, 9.17) is 0 Å². The molecule has 2 heterocycles. The molecule has 0 saturated heterocycles. The molecular weight excluding hydrogens is 254 g/mol. The normalized spacial score (nSPS) is 10.4. The Kier molecular flexibility index (Phi) is 3.01. The fourth-order valence-electron chi connectivity index (χ4n) is 1.89. The monoisotopic (exact) mass is 265 g/mol. The summed E-state index contributed by atoms with van der Waals surface area (Å²) in [7, 11) is 0. The number of aromatic nitrogens is 3. The molecule has 0 radical (unpaired) electrons. The molecule has 0 spiro atoms. The molecule has 2 aromatic heterocycles. The fourth-order valence-corrected chi connectivity index (χ4v) is 1.89. The van der Waals surface area contributed by atoms with Crippen LogP contribution in [0, 0.1) is 0 Å². The van der Waals surface area contributed by atoms with E-state index < -0.39 is 0 Å². The molecule has 1 N–H and O–H groups in total. The molecule has 0 aliphatic carbocycles. The predicted molar refractivity (Wildman–Crippen MR) is 75.9 cm³/mol. The lowest BCUT2D eigenvalue weighted by molar-refractivity contribution is 1.04. The van der Waals surface area contributed by atoms with Gasteiger partial charge in [-0.05, 0) is 12.1 Å². The lowest BCUT2D eigenvalue weighted by Gasteiger charge is -2.06. The van der Waals surface area contributed by atoms with E-state index in [1.807, 2.05) is 28.8 Å². The van der Waals surface area contributed by atoms with Crippen molar-refractivity contribution < 1.29 is 0 Å². The van der Waals surface area contributed by atoms with Crippen LogP contribution in [0.1, 0.15) is 0 Å². The van der Waals surface area contributed by atoms with Crippen molar-refractivity contribution >= 4 is 0 Å². The van der Waals surface area contributed by atoms with Crippen LogP contribution in [0.25, 0.3) is 16.9 Å². The molecular formula is C15H11N3O2. The largest absolute Gasteiger partial charge is 0.326 e. The molecule has 0 unspecified atom stereocenters. The summed E-state index contributed by atoms with van der Waals surface area (Å²) in [5, 5.41) is 0. The van der Waals surface area contributed by atoms with Crippen LogP contribution in [0.3, 0.4) is 0 Å². The topological polar surface area (TPSA) is 67.8 Å². The SMILES string of the molecule is O=c1ccn(-c2ccc(-c3c[nH]c(=O)cn3)cc2)cc1. The molecule has 0 amide bonds. The number of benzene rings is 1. The van der Waals surface area contributed by atoms with Crippen molar-refractivity contribution in [2.24, 2.45) is 0 Å². The van der Waals surface area contributed by atoms with E-state index in [1.54, 1.807) is 18.6 Å². The minimum atomic E-state index is -0.223. The molecule has 3 rings (SSSR count). The van der Waals surface area contributed by atoms with Gasteiger partial charge in [0.2, 0.25) is 0 Å². The van der Waals surface area contributed by atoms with E-state index in [1.165, 1.54) is 18.3 Å². The van der Waals surface area contributed by atoms with Crippen LogP contribution in [0.5, 0.6) is 0 Å². The first-order chi connectivity index (χ1) is 9.72. The fraction of sp³-hybridized carbons (Fsp3) is 0. The Bertz CT molecular complexity index is 734. The Balaban J connectivity index is 1.95. The van der Waals surface area contributed by atoms with Gasteiger partial charge in [0, 0.05) is 42.0 Å². The van der Waals surface area contributed by atoms with Gasteiger partial charge in [0.05, 0.1) is 11.9 Å². The van der Waals surface area contributed by atoms with Crippen molar-refractivity contribution in [2.45, 2.75) is 0 Å². The molecule has 0 aliphatic heterocycles. The summed E-state index contributed by atoms with van der Waals surface area (Å²) in [4.78, 5) is 28.7. The summed E-state index contributed by atoms with van der Waals surface area (Å²) in [6.45, 7) is 0. The third-order valence-electron chi connectivity index (χ3n) is 2.93. The second kappa shape index (κ2) is 4.97. The second-order valence-electron chi connectivity index (χ2n) is 4.28. The van der Waals surface area contributed by atoms with E-state index in [-0.39, 0.29) is 11.0 Å². The van der Waals surface area contributed by atoms with Crippen LogP contribution in [-0.4, -0.2) is 14.5 Å². The maximum Gasteiger partial charge on any atom is 0.266 e. The van der Waals surface area contributed by atoms with Gasteiger partial charge in [-0.3, -0.25) is 9.59 Å². The molecule has 3 aromatic rings. The standard InChI is InChI=1S/C15H11N3O2/c19-13-5-7-18(8-6-13)12-3-1-11(2-4-12)14-9-17-15(20)10-16-14/h1-10H,(H,17,20). The van der Waals surface area contributed by atoms with E-state index in [9.17, 15) is 9.59 Å². The Morgan fingerprint density at radius 3 is 2.25 bits per heavy atom. The smallest absolute Gasteiger partial charge is 0.266 e. The van der Waals surface area contributed by atoms with Crippen molar-refractivity contribution in [3.05, 3.63) is 81.8 Å². The van der Waals surface area contributed by atoms with Crippen molar-refractivity contribution in [2.75, 3.05) is 0 Å². The molecule has 98 valence electrons. The van der Waals surface area contributed by atoms with E-state index in [2.05, 4.69) is 9.97 Å². The van der Waals surface area contributed by atoms with Crippen LogP contribution in [-0.2, 0) is 0 Å². The maximum atomic E-state index is 11.1. The van der Waals surface area contributed by atoms with Crippen molar-refractivity contribution in [3.8, 4) is 16.9 Å². The number of rotatable bonds is 2. The zero-order valence-electron chi connectivity index (χ0n) is 10.5. The first-order valence-electron chi connectivity index (χ1n) is 6.06. The number of aromatic amines is 1. The van der Waals surface area contributed by atoms with Gasteiger partial charge in [-0.1, -0.05) is 12.1 Å². The molecule has 0 bridgehead atoms. The minimum Gasteiger partial charge on any atom is -0.326 e. The lowest BCUT2D eigenvalue weighted by Crippen LogP contribution is -2.04. The number of hydrogen-bond acceptors (Lipinski definition) is 3. The molecule has 0 atom stereocenters. The molecule has 5 heteroatoms. The van der Waals surface area contributed by atoms with Crippen LogP contribution < -0.4 is 11.0 Å². The van der Waals surface area contributed by atoms with Gasteiger partial charge in [-0.2, -0.15) is 0 Å². The van der Waals surface area contributed by atoms with Crippen LogP contribution >= 0.6 is 0 Å². The molecule has 5 nitrogen and oxygen atoms in total. The van der Waals surface area contributed by atoms with Gasteiger partial charge in [0.25, 0.3) is 5.56 Å². The number of H-pyrrole nitrogens is 1. The third-order valence-corrected chi connectivity index (χ3v) is 2.93. The highest BCUT2D eigenvalue weighted by molar-refractivity contribution is 5.59. The van der Waals surface area contributed by atoms with Gasteiger partial charge < -0.3 is 9.55 Å². The average Bonchev–Trinajstić information content (AvgIpc) is 2.49. The van der Waals surface area contributed by atoms with Crippen molar-refractivity contribution in [3.63, 3.8) is 0 Å². The van der Waals surface area contributed by atoms with Gasteiger partial charge in [-0.25, -0.2) is 4.98 Å². The third kappa shape index (κ3) is 2.42. The number of nitrogens with one attached hydrogen (secondary N) is 1. The van der Waals surface area contributed by atoms with E-state index >= 15 is 0 Å². The maximum absolute atomic E-state index is 11.1. The molecule has 0 saturated carbocycles. The molecule has 1 aromatic carbocycles. The van der Waals surface area contributed by atoms with Gasteiger partial charge >= 0.3 is 0 Å². The minimum absolute atomic E-state index is 0.0182. The molecule has 20 heavy (non-hydrogen) atoms. The lowest BCUT2D eigenvalue weighted by atomic mass is 10.1. The second-order valence-corrected chi connectivity index (χ2v) is 4.28. The number of pyridine rings is 1. The van der Waals surface area contributed by atoms with E-state index in [0.717, 1.165) is 11.3 Å². The summed E-state index contributed by atoms with van der Waals surface area (Å²) >= 11 is 0. The summed E-state index contributed by atoms with van der Waals surface area (Å²) in [5.41, 5.74) is 2.31. The Morgan fingerprint density at radius 1 is 0.950 bits per heavy atom. The van der Waals surface area contributed by atoms with E-state index in [0.29, 0.717) is 5.69 Å². The quantitative estimate of drug-likeness (QED) is 0.765. The highest BCUT2D eigenvalue weighted by atomic mass is 16.1. The Labute approximate surface area is 114 Å². The van der Waals surface area contributed by atoms with Crippen LogP contribution in [0.2, 0.25) is 0 Å². The van der Waals surface area contributed by atoms with Gasteiger partial charge in [0.1, 0.15) is 0 Å². The average molecular weight is 265 g/mol. The van der Waals surface area contributed by atoms with Gasteiger partial charge in [-0.15, -0.1) is 0 Å².